The number of halogens is 4. The van der Waals surface area contributed by atoms with E-state index in [-0.39, 0.29) is 26.4 Å². The second-order valence-electron chi connectivity index (χ2n) is 3.39. The zero-order valence-electron chi connectivity index (χ0n) is 8.66. The first-order valence-electron chi connectivity index (χ1n) is 4.56. The first-order chi connectivity index (χ1) is 6.67. The van der Waals surface area contributed by atoms with Gasteiger partial charge in [-0.05, 0) is 12.8 Å². The minimum atomic E-state index is -4.01. The Bertz CT molecular complexity index is 211. The molecule has 0 amide bonds. The molecule has 0 radical (unpaired) electrons. The number of ether oxygens (including phenoxy) is 1. The number of hydrogen-bond acceptors (Lipinski definition) is 2. The summed E-state index contributed by atoms with van der Waals surface area (Å²) >= 11 is 0. The minimum absolute atomic E-state index is 0.0132. The Morgan fingerprint density at radius 2 is 1.73 bits per heavy atom. The molecule has 0 saturated heterocycles. The second-order valence-corrected chi connectivity index (χ2v) is 3.39. The molecule has 0 rings (SSSR count). The minimum Gasteiger partial charge on any atom is -0.466 e. The number of carbonyl (C=O) groups is 1. The van der Waals surface area contributed by atoms with E-state index < -0.39 is 24.2 Å². The average molecular weight is 230 g/mol. The molecule has 0 aromatic rings. The van der Waals surface area contributed by atoms with E-state index in [1.165, 1.54) is 6.92 Å². The fourth-order valence-corrected chi connectivity index (χ4v) is 0.884. The topological polar surface area (TPSA) is 26.3 Å². The summed E-state index contributed by atoms with van der Waals surface area (Å²) in [5, 5.41) is 0. The van der Waals surface area contributed by atoms with Crippen molar-refractivity contribution < 1.29 is 27.1 Å². The maximum atomic E-state index is 12.7. The van der Waals surface area contributed by atoms with E-state index in [2.05, 4.69) is 4.74 Å². The Hall–Kier alpha value is -0.810. The van der Waals surface area contributed by atoms with Crippen LogP contribution < -0.4 is 0 Å². The van der Waals surface area contributed by atoms with Crippen LogP contribution in [0, 0.1) is 0 Å². The summed E-state index contributed by atoms with van der Waals surface area (Å²) in [6.07, 6.45) is -0.854. The quantitative estimate of drug-likeness (QED) is 0.398. The molecule has 0 aliphatic rings. The molecular formula is C9H14F4O2. The van der Waals surface area contributed by atoms with Crippen LogP contribution in [0.5, 0.6) is 0 Å². The smallest absolute Gasteiger partial charge is 0.309 e. The summed E-state index contributed by atoms with van der Waals surface area (Å²) in [6.45, 7) is 1.37. The molecule has 0 aromatic carbocycles. The van der Waals surface area contributed by atoms with Crippen LogP contribution in [-0.2, 0) is 9.53 Å². The van der Waals surface area contributed by atoms with Gasteiger partial charge in [0.2, 0.25) is 0 Å². The maximum Gasteiger partial charge on any atom is 0.309 e. The van der Waals surface area contributed by atoms with Crippen LogP contribution >= 0.6 is 0 Å². The Morgan fingerprint density at radius 1 is 1.20 bits per heavy atom. The van der Waals surface area contributed by atoms with E-state index in [0.29, 0.717) is 0 Å². The lowest BCUT2D eigenvalue weighted by Crippen LogP contribution is -2.37. The molecule has 0 atom stereocenters. The molecule has 15 heavy (non-hydrogen) atoms. The van der Waals surface area contributed by atoms with Crippen LogP contribution in [0.15, 0.2) is 0 Å². The van der Waals surface area contributed by atoms with Gasteiger partial charge >= 0.3 is 17.8 Å². The average Bonchev–Trinajstić information content (AvgIpc) is 2.00. The fraction of sp³-hybridized carbons (Fsp3) is 0.889. The van der Waals surface area contributed by atoms with Crippen LogP contribution in [0.2, 0.25) is 0 Å². The van der Waals surface area contributed by atoms with Gasteiger partial charge in [-0.1, -0.05) is 0 Å². The van der Waals surface area contributed by atoms with Gasteiger partial charge in [-0.25, -0.2) is 8.78 Å². The lowest BCUT2D eigenvalue weighted by atomic mass is 10.1. The first-order valence-corrected chi connectivity index (χ1v) is 4.56. The zero-order valence-corrected chi connectivity index (χ0v) is 8.66. The van der Waals surface area contributed by atoms with Crippen LogP contribution in [-0.4, -0.2) is 24.4 Å². The summed E-state index contributed by atoms with van der Waals surface area (Å²) in [5.74, 6) is -8.51. The number of esters is 1. The molecule has 0 N–H and O–H groups in total. The van der Waals surface area contributed by atoms with Crippen molar-refractivity contribution in [3.05, 3.63) is 0 Å². The molecule has 6 heteroatoms. The van der Waals surface area contributed by atoms with Crippen molar-refractivity contribution in [1.29, 1.82) is 0 Å². The summed E-state index contributed by atoms with van der Waals surface area (Å²) in [7, 11) is 0. The highest BCUT2D eigenvalue weighted by atomic mass is 19.3. The van der Waals surface area contributed by atoms with Crippen molar-refractivity contribution in [2.24, 2.45) is 0 Å². The molecule has 2 nitrogen and oxygen atoms in total. The van der Waals surface area contributed by atoms with Gasteiger partial charge in [0, 0.05) is 20.3 Å². The van der Waals surface area contributed by atoms with Crippen molar-refractivity contribution >= 4 is 5.97 Å². The maximum absolute atomic E-state index is 12.7. The van der Waals surface area contributed by atoms with Crippen LogP contribution in [0.1, 0.15) is 33.1 Å². The zero-order chi connectivity index (χ0) is 12.1. The Morgan fingerprint density at radius 3 is 2.13 bits per heavy atom. The molecule has 0 fully saturated rings. The fourth-order valence-electron chi connectivity index (χ4n) is 0.884. The third kappa shape index (κ3) is 5.59. The third-order valence-corrected chi connectivity index (χ3v) is 1.83. The van der Waals surface area contributed by atoms with Gasteiger partial charge in [0.1, 0.15) is 0 Å². The van der Waals surface area contributed by atoms with Crippen LogP contribution in [0.4, 0.5) is 17.6 Å². The largest absolute Gasteiger partial charge is 0.466 e. The SMILES string of the molecule is CC(=O)OCCCCC(F)(F)C(C)(F)F. The van der Waals surface area contributed by atoms with Crippen LogP contribution in [0.3, 0.4) is 0 Å². The highest BCUT2D eigenvalue weighted by Gasteiger charge is 2.51. The Kier molecular flexibility index (Phi) is 5.03. The summed E-state index contributed by atoms with van der Waals surface area (Å²) in [6, 6.07) is 0. The number of alkyl halides is 4. The van der Waals surface area contributed by atoms with Gasteiger partial charge in [-0.3, -0.25) is 4.79 Å². The van der Waals surface area contributed by atoms with Crippen molar-refractivity contribution in [3.63, 3.8) is 0 Å². The summed E-state index contributed by atoms with van der Waals surface area (Å²) in [4.78, 5) is 10.3. The van der Waals surface area contributed by atoms with E-state index in [1.807, 2.05) is 0 Å². The predicted molar refractivity (Wildman–Crippen MR) is 46.1 cm³/mol. The molecular weight excluding hydrogens is 216 g/mol. The van der Waals surface area contributed by atoms with Crippen LogP contribution in [0.25, 0.3) is 0 Å². The molecule has 0 heterocycles. The van der Waals surface area contributed by atoms with E-state index in [4.69, 9.17) is 0 Å². The number of unbranched alkanes of at least 4 members (excludes halogenated alkanes) is 1. The molecule has 0 aliphatic carbocycles. The predicted octanol–water partition coefficient (Wildman–Crippen LogP) is 3.01. The van der Waals surface area contributed by atoms with Gasteiger partial charge < -0.3 is 4.74 Å². The third-order valence-electron chi connectivity index (χ3n) is 1.83. The number of rotatable bonds is 6. The Balaban J connectivity index is 3.72. The van der Waals surface area contributed by atoms with E-state index in [1.54, 1.807) is 0 Å². The number of carbonyl (C=O) groups excluding carboxylic acids is 1. The normalized spacial score (nSPS) is 12.7. The molecule has 0 aliphatic heterocycles. The summed E-state index contributed by atoms with van der Waals surface area (Å²) < 4.78 is 54.4. The van der Waals surface area contributed by atoms with Gasteiger partial charge in [0.25, 0.3) is 0 Å². The van der Waals surface area contributed by atoms with Gasteiger partial charge in [0.15, 0.2) is 0 Å². The lowest BCUT2D eigenvalue weighted by molar-refractivity contribution is -0.201. The van der Waals surface area contributed by atoms with Crippen molar-refractivity contribution in [2.75, 3.05) is 6.61 Å². The van der Waals surface area contributed by atoms with Gasteiger partial charge in [-0.2, -0.15) is 8.78 Å². The van der Waals surface area contributed by atoms with E-state index in [0.717, 1.165) is 0 Å². The lowest BCUT2D eigenvalue weighted by Gasteiger charge is -2.22. The van der Waals surface area contributed by atoms with Crippen molar-refractivity contribution in [3.8, 4) is 0 Å². The first kappa shape index (κ1) is 14.2. The molecule has 0 bridgehead atoms. The van der Waals surface area contributed by atoms with Crippen molar-refractivity contribution in [2.45, 2.75) is 45.0 Å². The number of hydrogen-bond donors (Lipinski definition) is 0. The molecule has 0 unspecified atom stereocenters. The van der Waals surface area contributed by atoms with Gasteiger partial charge in [-0.15, -0.1) is 0 Å². The molecule has 0 aromatic heterocycles. The monoisotopic (exact) mass is 230 g/mol. The summed E-state index contributed by atoms with van der Waals surface area (Å²) in [5.41, 5.74) is 0. The van der Waals surface area contributed by atoms with Crippen molar-refractivity contribution in [1.82, 2.24) is 0 Å². The highest BCUT2D eigenvalue weighted by Crippen LogP contribution is 2.37. The highest BCUT2D eigenvalue weighted by molar-refractivity contribution is 5.65. The standard InChI is InChI=1S/C9H14F4O2/c1-7(14)15-6-4-3-5-9(12,13)8(2,10)11/h3-6H2,1-2H3. The van der Waals surface area contributed by atoms with E-state index in [9.17, 15) is 22.4 Å². The van der Waals surface area contributed by atoms with Gasteiger partial charge in [0.05, 0.1) is 6.61 Å². The Labute approximate surface area is 85.6 Å². The second kappa shape index (κ2) is 5.32. The van der Waals surface area contributed by atoms with E-state index >= 15 is 0 Å². The molecule has 0 saturated carbocycles. The molecule has 0 spiro atoms. The molecule has 90 valence electrons.